The summed E-state index contributed by atoms with van der Waals surface area (Å²) in [6.07, 6.45) is 5.49. The first-order chi connectivity index (χ1) is 16.8. The van der Waals surface area contributed by atoms with Gasteiger partial charge in [-0.2, -0.15) is 4.39 Å². The van der Waals surface area contributed by atoms with Crippen LogP contribution in [0.1, 0.15) is 12.8 Å². The number of pyridine rings is 1. The highest BCUT2D eigenvalue weighted by Crippen LogP contribution is 2.32. The molecule has 3 aliphatic rings. The lowest BCUT2D eigenvalue weighted by atomic mass is 9.94. The number of amides is 2. The molecule has 0 spiro atoms. The van der Waals surface area contributed by atoms with E-state index in [1.165, 1.54) is 11.5 Å². The number of piperidine rings is 1. The van der Waals surface area contributed by atoms with Crippen LogP contribution in [0.3, 0.4) is 0 Å². The maximum Gasteiger partial charge on any atom is 0.267 e. The number of aromatic nitrogens is 1. The number of aliphatic imine (C=N–C) groups is 1. The highest BCUT2D eigenvalue weighted by molar-refractivity contribution is 6.24. The van der Waals surface area contributed by atoms with Crippen molar-refractivity contribution in [2.75, 3.05) is 49.5 Å². The Bertz CT molecular complexity index is 1100. The lowest BCUT2D eigenvalue weighted by Gasteiger charge is -2.37. The molecule has 2 fully saturated rings. The summed E-state index contributed by atoms with van der Waals surface area (Å²) in [6, 6.07) is 0. The molecule has 0 saturated carbocycles. The van der Waals surface area contributed by atoms with Gasteiger partial charge in [0, 0.05) is 45.2 Å². The van der Waals surface area contributed by atoms with Gasteiger partial charge in [0.05, 0.1) is 24.3 Å². The Kier molecular flexibility index (Phi) is 7.46. The van der Waals surface area contributed by atoms with Gasteiger partial charge in [-0.25, -0.2) is 9.38 Å². The zero-order valence-electron chi connectivity index (χ0n) is 19.1. The minimum atomic E-state index is -0.797. The maximum atomic E-state index is 14.9. The molecule has 0 unspecified atom stereocenters. The number of allylic oxidation sites excluding steroid dienone is 1. The van der Waals surface area contributed by atoms with Crippen molar-refractivity contribution in [3.05, 3.63) is 41.6 Å². The van der Waals surface area contributed by atoms with Crippen LogP contribution in [0, 0.1) is 17.1 Å². The van der Waals surface area contributed by atoms with Gasteiger partial charge in [0.1, 0.15) is 17.7 Å². The van der Waals surface area contributed by atoms with Crippen LogP contribution in [-0.2, 0) is 9.59 Å². The normalized spacial score (nSPS) is 20.3. The molecule has 35 heavy (non-hydrogen) atoms. The van der Waals surface area contributed by atoms with Gasteiger partial charge in [0.2, 0.25) is 11.7 Å². The van der Waals surface area contributed by atoms with Crippen LogP contribution >= 0.6 is 0 Å². The highest BCUT2D eigenvalue weighted by atomic mass is 19.1. The van der Waals surface area contributed by atoms with Crippen molar-refractivity contribution in [1.29, 1.82) is 5.41 Å². The highest BCUT2D eigenvalue weighted by Gasteiger charge is 2.32. The third kappa shape index (κ3) is 5.52. The van der Waals surface area contributed by atoms with Crippen molar-refractivity contribution >= 4 is 35.2 Å². The minimum absolute atomic E-state index is 0.00884. The van der Waals surface area contributed by atoms with E-state index in [4.69, 9.17) is 11.1 Å². The van der Waals surface area contributed by atoms with Crippen LogP contribution in [0.2, 0.25) is 0 Å². The van der Waals surface area contributed by atoms with Crippen molar-refractivity contribution in [3.8, 4) is 0 Å². The summed E-state index contributed by atoms with van der Waals surface area (Å²) in [5.41, 5.74) is 5.56. The van der Waals surface area contributed by atoms with Crippen molar-refractivity contribution in [1.82, 2.24) is 15.2 Å². The topological polar surface area (TPSA) is 156 Å². The molecule has 2 amide bonds. The molecule has 13 heteroatoms. The lowest BCUT2D eigenvalue weighted by Crippen LogP contribution is -2.77. The second kappa shape index (κ2) is 10.7. The lowest BCUT2D eigenvalue weighted by molar-refractivity contribution is -0.538. The van der Waals surface area contributed by atoms with E-state index in [1.807, 2.05) is 4.90 Å². The number of amidine groups is 1. The smallest absolute Gasteiger partial charge is 0.267 e. The Balaban J connectivity index is 1.49. The first kappa shape index (κ1) is 24.4. The number of nitrogens with two attached hydrogens (primary N) is 2. The van der Waals surface area contributed by atoms with E-state index in [2.05, 4.69) is 20.6 Å². The van der Waals surface area contributed by atoms with Crippen LogP contribution < -0.4 is 26.6 Å². The maximum absolute atomic E-state index is 14.9. The van der Waals surface area contributed by atoms with E-state index in [-0.39, 0.29) is 34.6 Å². The Morgan fingerprint density at radius 1 is 1.17 bits per heavy atom. The van der Waals surface area contributed by atoms with Gasteiger partial charge >= 0.3 is 0 Å². The predicted octanol–water partition coefficient (Wildman–Crippen LogP) is -0.586. The quantitative estimate of drug-likeness (QED) is 0.212. The molecule has 1 aromatic rings. The van der Waals surface area contributed by atoms with Crippen LogP contribution in [0.25, 0.3) is 0 Å². The van der Waals surface area contributed by atoms with Crippen LogP contribution in [-0.4, -0.2) is 73.0 Å². The van der Waals surface area contributed by atoms with E-state index in [0.29, 0.717) is 39.0 Å². The molecule has 2 saturated heterocycles. The number of anilines is 2. The standard InChI is InChI=1S/C22H27F2N9O2/c23-14-9-29-20(30-10-14)17(19(25)26)21(34)31-16-12-28-11-15(24)18(16)32-5-1-13(2-6-32)22(35)33-7-3-27-4-8-33/h9-13,27,29H,1-8H2,(H3,25,26)(H,31,34)/p+1. The van der Waals surface area contributed by atoms with E-state index < -0.39 is 23.4 Å². The number of piperazine rings is 1. The molecule has 7 N–H and O–H groups in total. The number of rotatable bonds is 5. The van der Waals surface area contributed by atoms with Gasteiger partial charge in [0.15, 0.2) is 17.2 Å². The fraction of sp³-hybridized carbons (Fsp3) is 0.409. The molecular weight excluding hydrogens is 460 g/mol. The van der Waals surface area contributed by atoms with Gasteiger partial charge in [-0.05, 0) is 12.8 Å². The summed E-state index contributed by atoms with van der Waals surface area (Å²) >= 11 is 0. The monoisotopic (exact) mass is 488 g/mol. The van der Waals surface area contributed by atoms with Gasteiger partial charge in [-0.1, -0.05) is 0 Å². The summed E-state index contributed by atoms with van der Waals surface area (Å²) < 4.78 is 28.1. The predicted molar refractivity (Wildman–Crippen MR) is 126 cm³/mol. The van der Waals surface area contributed by atoms with E-state index >= 15 is 0 Å². The average Bonchev–Trinajstić information content (AvgIpc) is 2.85. The largest absolute Gasteiger partial charge is 0.383 e. The molecule has 0 aromatic carbocycles. The Labute approximate surface area is 200 Å². The second-order valence-electron chi connectivity index (χ2n) is 8.46. The molecule has 11 nitrogen and oxygen atoms in total. The molecule has 0 aliphatic carbocycles. The summed E-state index contributed by atoms with van der Waals surface area (Å²) in [4.78, 5) is 37.1. The number of carbonyl (C=O) groups is 2. The molecule has 1 aromatic heterocycles. The SMILES string of the molecule is N=C(N)C(C(=O)Nc1cncc(F)c1N1CCC(C(=O)N2CCNCC2)CC1)=C1N=CC(F)=C[NH2+]1. The molecule has 186 valence electrons. The van der Waals surface area contributed by atoms with Crippen LogP contribution in [0.15, 0.2) is 40.8 Å². The van der Waals surface area contributed by atoms with Crippen molar-refractivity contribution < 1.29 is 23.7 Å². The van der Waals surface area contributed by atoms with Crippen molar-refractivity contribution in [2.45, 2.75) is 12.8 Å². The number of quaternary nitrogens is 1. The summed E-state index contributed by atoms with van der Waals surface area (Å²) in [5.74, 6) is -2.59. The summed E-state index contributed by atoms with van der Waals surface area (Å²) in [5, 5.41) is 14.8. The number of hydrogen-bond donors (Lipinski definition) is 5. The number of nitrogens with zero attached hydrogens (tertiary/aromatic N) is 4. The Morgan fingerprint density at radius 3 is 2.51 bits per heavy atom. The average molecular weight is 489 g/mol. The molecule has 0 bridgehead atoms. The number of hydrogen-bond acceptors (Lipinski definition) is 7. The van der Waals surface area contributed by atoms with Gasteiger partial charge in [-0.15, -0.1) is 0 Å². The molecule has 0 radical (unpaired) electrons. The number of halogens is 2. The first-order valence-electron chi connectivity index (χ1n) is 11.4. The third-order valence-electron chi connectivity index (χ3n) is 6.19. The molecule has 4 heterocycles. The summed E-state index contributed by atoms with van der Waals surface area (Å²) in [6.45, 7) is 3.79. The fourth-order valence-corrected chi connectivity index (χ4v) is 4.42. The number of carbonyl (C=O) groups excluding carboxylic acids is 2. The van der Waals surface area contributed by atoms with Crippen LogP contribution in [0.4, 0.5) is 20.2 Å². The van der Waals surface area contributed by atoms with Crippen molar-refractivity contribution in [3.63, 3.8) is 0 Å². The molecule has 0 atom stereocenters. The molecular formula is C22H28F2N9O2+. The summed E-state index contributed by atoms with van der Waals surface area (Å²) in [7, 11) is 0. The van der Waals surface area contributed by atoms with E-state index in [1.54, 1.807) is 4.90 Å². The van der Waals surface area contributed by atoms with Gasteiger partial charge in [0.25, 0.3) is 5.91 Å². The fourth-order valence-electron chi connectivity index (χ4n) is 4.42. The third-order valence-corrected chi connectivity index (χ3v) is 6.19. The van der Waals surface area contributed by atoms with Gasteiger partial charge in [-0.3, -0.25) is 25.3 Å². The van der Waals surface area contributed by atoms with Crippen molar-refractivity contribution in [2.24, 2.45) is 16.6 Å². The Hall–Kier alpha value is -3.71. The first-order valence-corrected chi connectivity index (χ1v) is 11.4. The van der Waals surface area contributed by atoms with E-state index in [0.717, 1.165) is 31.7 Å². The molecule has 4 rings (SSSR count). The zero-order valence-corrected chi connectivity index (χ0v) is 19.1. The minimum Gasteiger partial charge on any atom is -0.383 e. The van der Waals surface area contributed by atoms with Crippen LogP contribution in [0.5, 0.6) is 0 Å². The Morgan fingerprint density at radius 2 is 1.89 bits per heavy atom. The van der Waals surface area contributed by atoms with Gasteiger partial charge < -0.3 is 26.2 Å². The zero-order chi connectivity index (χ0) is 24.9. The molecule has 3 aliphatic heterocycles. The number of nitrogens with one attached hydrogen (secondary N) is 3. The van der Waals surface area contributed by atoms with E-state index in [9.17, 15) is 18.4 Å². The second-order valence-corrected chi connectivity index (χ2v) is 8.46.